The maximum atomic E-state index is 11.9. The Kier molecular flexibility index (Phi) is 5.73. The predicted octanol–water partition coefficient (Wildman–Crippen LogP) is 2.47. The first-order valence-electron chi connectivity index (χ1n) is 7.83. The van der Waals surface area contributed by atoms with Crippen LogP contribution in [0.5, 0.6) is 0 Å². The monoisotopic (exact) mass is 316 g/mol. The van der Waals surface area contributed by atoms with Gasteiger partial charge in [0, 0.05) is 30.0 Å². The predicted molar refractivity (Wildman–Crippen MR) is 88.4 cm³/mol. The number of nitrogens with zero attached hydrogens (tertiary/aromatic N) is 2. The number of rotatable bonds is 6. The fraction of sp³-hybridized carbons (Fsp3) is 0.471. The van der Waals surface area contributed by atoms with E-state index < -0.39 is 0 Å². The molecule has 2 rings (SSSR count). The van der Waals surface area contributed by atoms with Crippen LogP contribution in [0.3, 0.4) is 0 Å². The number of urea groups is 1. The SMILES string of the molecule is Cc1ccc(CCNC(=O)N[C@@H](C)Cc2c(C)noc2C)cn1. The summed E-state index contributed by atoms with van der Waals surface area (Å²) >= 11 is 0. The van der Waals surface area contributed by atoms with Gasteiger partial charge in [0.1, 0.15) is 5.76 Å². The molecule has 0 fully saturated rings. The van der Waals surface area contributed by atoms with Crippen LogP contribution >= 0.6 is 0 Å². The highest BCUT2D eigenvalue weighted by molar-refractivity contribution is 5.74. The Labute approximate surface area is 136 Å². The van der Waals surface area contributed by atoms with E-state index in [-0.39, 0.29) is 12.1 Å². The van der Waals surface area contributed by atoms with E-state index in [0.717, 1.165) is 34.7 Å². The van der Waals surface area contributed by atoms with Crippen molar-refractivity contribution in [2.75, 3.05) is 6.54 Å². The standard InChI is InChI=1S/C17H24N4O2/c1-11-5-6-15(10-19-11)7-8-18-17(22)20-12(2)9-16-13(3)21-23-14(16)4/h5-6,10,12H,7-9H2,1-4H3,(H2,18,20,22)/t12-/m0/s1. The van der Waals surface area contributed by atoms with Gasteiger partial charge in [-0.15, -0.1) is 0 Å². The molecule has 6 nitrogen and oxygen atoms in total. The van der Waals surface area contributed by atoms with Gasteiger partial charge in [0.05, 0.1) is 5.69 Å². The van der Waals surface area contributed by atoms with Crippen molar-refractivity contribution < 1.29 is 9.32 Å². The summed E-state index contributed by atoms with van der Waals surface area (Å²) in [5.74, 6) is 0.809. The van der Waals surface area contributed by atoms with E-state index in [4.69, 9.17) is 4.52 Å². The minimum atomic E-state index is -0.163. The quantitative estimate of drug-likeness (QED) is 0.858. The smallest absolute Gasteiger partial charge is 0.315 e. The van der Waals surface area contributed by atoms with Crippen molar-refractivity contribution >= 4 is 6.03 Å². The molecule has 2 aromatic rings. The Morgan fingerprint density at radius 1 is 1.30 bits per heavy atom. The molecule has 2 heterocycles. The lowest BCUT2D eigenvalue weighted by molar-refractivity contribution is 0.238. The number of pyridine rings is 1. The van der Waals surface area contributed by atoms with Gasteiger partial charge >= 0.3 is 6.03 Å². The summed E-state index contributed by atoms with van der Waals surface area (Å²) in [6.07, 6.45) is 3.31. The summed E-state index contributed by atoms with van der Waals surface area (Å²) in [5.41, 5.74) is 4.04. The van der Waals surface area contributed by atoms with Crippen molar-refractivity contribution in [1.82, 2.24) is 20.8 Å². The molecule has 0 aromatic carbocycles. The van der Waals surface area contributed by atoms with Crippen LogP contribution in [0.15, 0.2) is 22.9 Å². The summed E-state index contributed by atoms with van der Waals surface area (Å²) in [4.78, 5) is 16.2. The van der Waals surface area contributed by atoms with Gasteiger partial charge in [-0.2, -0.15) is 0 Å². The van der Waals surface area contributed by atoms with Crippen LogP contribution in [0.2, 0.25) is 0 Å². The zero-order chi connectivity index (χ0) is 16.8. The molecule has 0 saturated heterocycles. The molecule has 0 radical (unpaired) electrons. The Balaban J connectivity index is 1.73. The molecule has 0 aliphatic heterocycles. The summed E-state index contributed by atoms with van der Waals surface area (Å²) in [6.45, 7) is 8.30. The van der Waals surface area contributed by atoms with Crippen LogP contribution < -0.4 is 10.6 Å². The molecule has 0 unspecified atom stereocenters. The number of hydrogen-bond acceptors (Lipinski definition) is 4. The molecular weight excluding hydrogens is 292 g/mol. The Morgan fingerprint density at radius 2 is 2.09 bits per heavy atom. The lowest BCUT2D eigenvalue weighted by Crippen LogP contribution is -2.42. The number of aryl methyl sites for hydroxylation is 3. The van der Waals surface area contributed by atoms with Gasteiger partial charge in [-0.25, -0.2) is 4.79 Å². The first kappa shape index (κ1) is 17.0. The van der Waals surface area contributed by atoms with Gasteiger partial charge in [-0.05, 0) is 52.2 Å². The van der Waals surface area contributed by atoms with E-state index in [1.54, 1.807) is 0 Å². The van der Waals surface area contributed by atoms with Gasteiger partial charge in [0.25, 0.3) is 0 Å². The summed E-state index contributed by atoms with van der Waals surface area (Å²) < 4.78 is 5.14. The van der Waals surface area contributed by atoms with E-state index in [9.17, 15) is 4.79 Å². The molecule has 0 spiro atoms. The second kappa shape index (κ2) is 7.76. The number of aromatic nitrogens is 2. The van der Waals surface area contributed by atoms with Gasteiger partial charge in [0.2, 0.25) is 0 Å². The molecule has 2 aromatic heterocycles. The summed E-state index contributed by atoms with van der Waals surface area (Å²) in [6, 6.07) is 3.85. The van der Waals surface area contributed by atoms with Crippen molar-refractivity contribution in [2.45, 2.75) is 46.6 Å². The molecule has 0 aliphatic carbocycles. The number of carbonyl (C=O) groups is 1. The molecule has 124 valence electrons. The van der Waals surface area contributed by atoms with Gasteiger partial charge < -0.3 is 15.2 Å². The first-order valence-corrected chi connectivity index (χ1v) is 7.83. The fourth-order valence-corrected chi connectivity index (χ4v) is 2.39. The summed E-state index contributed by atoms with van der Waals surface area (Å²) in [7, 11) is 0. The van der Waals surface area contributed by atoms with Crippen LogP contribution in [0.25, 0.3) is 0 Å². The molecule has 0 saturated carbocycles. The minimum absolute atomic E-state index is 0.00726. The van der Waals surface area contributed by atoms with Gasteiger partial charge in [-0.3, -0.25) is 4.98 Å². The Bertz CT molecular complexity index is 630. The average molecular weight is 316 g/mol. The molecule has 0 aliphatic rings. The number of nitrogens with one attached hydrogen (secondary N) is 2. The fourth-order valence-electron chi connectivity index (χ4n) is 2.39. The van der Waals surface area contributed by atoms with Crippen molar-refractivity contribution in [3.8, 4) is 0 Å². The lowest BCUT2D eigenvalue weighted by atomic mass is 10.1. The second-order valence-corrected chi connectivity index (χ2v) is 5.87. The van der Waals surface area contributed by atoms with Crippen molar-refractivity contribution in [3.63, 3.8) is 0 Å². The maximum absolute atomic E-state index is 11.9. The van der Waals surface area contributed by atoms with Gasteiger partial charge in [0.15, 0.2) is 0 Å². The molecule has 1 atom stereocenters. The van der Waals surface area contributed by atoms with Crippen molar-refractivity contribution in [2.24, 2.45) is 0 Å². The third kappa shape index (κ3) is 5.09. The maximum Gasteiger partial charge on any atom is 0.315 e. The summed E-state index contributed by atoms with van der Waals surface area (Å²) in [5, 5.41) is 9.73. The van der Waals surface area contributed by atoms with E-state index >= 15 is 0 Å². The van der Waals surface area contributed by atoms with E-state index in [2.05, 4.69) is 20.8 Å². The van der Waals surface area contributed by atoms with Crippen molar-refractivity contribution in [3.05, 3.63) is 46.6 Å². The number of hydrogen-bond donors (Lipinski definition) is 2. The lowest BCUT2D eigenvalue weighted by Gasteiger charge is -2.14. The number of amides is 2. The third-order valence-corrected chi connectivity index (χ3v) is 3.74. The van der Waals surface area contributed by atoms with E-state index in [1.165, 1.54) is 0 Å². The van der Waals surface area contributed by atoms with E-state index in [1.807, 2.05) is 46.0 Å². The van der Waals surface area contributed by atoms with Gasteiger partial charge in [-0.1, -0.05) is 11.2 Å². The third-order valence-electron chi connectivity index (χ3n) is 3.74. The number of carbonyl (C=O) groups excluding carboxylic acids is 1. The first-order chi connectivity index (χ1) is 11.0. The Morgan fingerprint density at radius 3 is 2.70 bits per heavy atom. The molecule has 23 heavy (non-hydrogen) atoms. The molecule has 0 bridgehead atoms. The zero-order valence-electron chi connectivity index (χ0n) is 14.1. The normalized spacial score (nSPS) is 12.0. The zero-order valence-corrected chi connectivity index (χ0v) is 14.1. The van der Waals surface area contributed by atoms with Crippen molar-refractivity contribution in [1.29, 1.82) is 0 Å². The molecule has 6 heteroatoms. The van der Waals surface area contributed by atoms with E-state index in [0.29, 0.717) is 13.0 Å². The van der Waals surface area contributed by atoms with Crippen LogP contribution in [0.4, 0.5) is 4.79 Å². The average Bonchev–Trinajstić information content (AvgIpc) is 2.81. The largest absolute Gasteiger partial charge is 0.361 e. The highest BCUT2D eigenvalue weighted by atomic mass is 16.5. The second-order valence-electron chi connectivity index (χ2n) is 5.87. The van der Waals surface area contributed by atoms with Crippen LogP contribution in [-0.2, 0) is 12.8 Å². The van der Waals surface area contributed by atoms with Crippen LogP contribution in [0.1, 0.15) is 35.2 Å². The van der Waals surface area contributed by atoms with Crippen LogP contribution in [0, 0.1) is 20.8 Å². The molecule has 2 N–H and O–H groups in total. The highest BCUT2D eigenvalue weighted by Crippen LogP contribution is 2.14. The minimum Gasteiger partial charge on any atom is -0.361 e. The Hall–Kier alpha value is -2.37. The van der Waals surface area contributed by atoms with Crippen LogP contribution in [-0.4, -0.2) is 28.8 Å². The molecular formula is C17H24N4O2. The topological polar surface area (TPSA) is 80.0 Å². The highest BCUT2D eigenvalue weighted by Gasteiger charge is 2.14. The molecule has 2 amide bonds.